The molecule has 5 heteroatoms. The zero-order chi connectivity index (χ0) is 15.5. The van der Waals surface area contributed by atoms with Crippen LogP contribution in [0.5, 0.6) is 0 Å². The molecule has 0 radical (unpaired) electrons. The zero-order valence-corrected chi connectivity index (χ0v) is 12.5. The maximum atomic E-state index is 13.0. The van der Waals surface area contributed by atoms with Crippen LogP contribution >= 0.6 is 0 Å². The minimum absolute atomic E-state index is 0.000781. The highest BCUT2D eigenvalue weighted by molar-refractivity contribution is 5.19. The fraction of sp³-hybridized carbons (Fsp3) is 0.353. The van der Waals surface area contributed by atoms with Crippen LogP contribution in [0.3, 0.4) is 0 Å². The molecule has 0 bridgehead atoms. The number of hydrogen-bond acceptors (Lipinski definition) is 3. The summed E-state index contributed by atoms with van der Waals surface area (Å²) >= 11 is 0. The summed E-state index contributed by atoms with van der Waals surface area (Å²) in [6, 6.07) is 10.1. The van der Waals surface area contributed by atoms with Gasteiger partial charge in [0.15, 0.2) is 0 Å². The van der Waals surface area contributed by atoms with E-state index < -0.39 is 0 Å². The van der Waals surface area contributed by atoms with Crippen molar-refractivity contribution in [1.82, 2.24) is 9.47 Å². The van der Waals surface area contributed by atoms with Crippen LogP contribution < -0.4 is 5.56 Å². The minimum Gasteiger partial charge on any atom is -0.371 e. The Bertz CT molecular complexity index is 697. The van der Waals surface area contributed by atoms with E-state index in [-0.39, 0.29) is 17.5 Å². The normalized spacial score (nSPS) is 19.3. The molecular formula is C17H19FN2O2. The van der Waals surface area contributed by atoms with E-state index >= 15 is 0 Å². The molecule has 0 amide bonds. The summed E-state index contributed by atoms with van der Waals surface area (Å²) < 4.78 is 20.4. The van der Waals surface area contributed by atoms with E-state index in [1.807, 2.05) is 6.07 Å². The fourth-order valence-corrected chi connectivity index (χ4v) is 2.67. The van der Waals surface area contributed by atoms with Gasteiger partial charge >= 0.3 is 0 Å². The summed E-state index contributed by atoms with van der Waals surface area (Å²) in [6.45, 7) is 2.91. The van der Waals surface area contributed by atoms with Crippen LogP contribution in [-0.4, -0.2) is 29.2 Å². The molecule has 1 aliphatic rings. The largest absolute Gasteiger partial charge is 0.371 e. The van der Waals surface area contributed by atoms with Crippen molar-refractivity contribution < 1.29 is 9.13 Å². The van der Waals surface area contributed by atoms with E-state index in [0.717, 1.165) is 30.8 Å². The predicted molar refractivity (Wildman–Crippen MR) is 82.1 cm³/mol. The van der Waals surface area contributed by atoms with E-state index in [9.17, 15) is 9.18 Å². The summed E-state index contributed by atoms with van der Waals surface area (Å²) in [5.74, 6) is -0.239. The van der Waals surface area contributed by atoms with Crippen molar-refractivity contribution in [2.75, 3.05) is 19.7 Å². The first-order chi connectivity index (χ1) is 10.6. The van der Waals surface area contributed by atoms with Crippen LogP contribution in [0.2, 0.25) is 0 Å². The van der Waals surface area contributed by atoms with E-state index in [2.05, 4.69) is 4.90 Å². The van der Waals surface area contributed by atoms with Crippen molar-refractivity contribution in [3.8, 4) is 0 Å². The van der Waals surface area contributed by atoms with Crippen LogP contribution in [0.4, 0.5) is 4.39 Å². The third kappa shape index (κ3) is 3.43. The molecule has 2 heterocycles. The number of benzene rings is 1. The standard InChI is InChI=1S/C17H19FN2O2/c1-19-7-6-13(10-17(19)21)11-20-8-9-22-16(12-20)14-2-4-15(18)5-3-14/h2-7,10,16H,8-9,11-12H2,1H3. The SMILES string of the molecule is Cn1ccc(CN2CCOC(c3ccc(F)cc3)C2)cc1=O. The van der Waals surface area contributed by atoms with Crippen LogP contribution in [0.15, 0.2) is 47.4 Å². The molecule has 22 heavy (non-hydrogen) atoms. The first-order valence-corrected chi connectivity index (χ1v) is 7.37. The lowest BCUT2D eigenvalue weighted by Crippen LogP contribution is -2.38. The Labute approximate surface area is 128 Å². The second-order valence-electron chi connectivity index (χ2n) is 5.63. The average molecular weight is 302 g/mol. The van der Waals surface area contributed by atoms with Gasteiger partial charge in [-0.1, -0.05) is 12.1 Å². The van der Waals surface area contributed by atoms with E-state index in [0.29, 0.717) is 6.61 Å². The van der Waals surface area contributed by atoms with Crippen molar-refractivity contribution >= 4 is 0 Å². The third-order valence-electron chi connectivity index (χ3n) is 3.97. The number of halogens is 1. The van der Waals surface area contributed by atoms with Crippen molar-refractivity contribution in [1.29, 1.82) is 0 Å². The molecule has 0 N–H and O–H groups in total. The van der Waals surface area contributed by atoms with Crippen LogP contribution in [-0.2, 0) is 18.3 Å². The van der Waals surface area contributed by atoms with Gasteiger partial charge in [-0.25, -0.2) is 4.39 Å². The first-order valence-electron chi connectivity index (χ1n) is 7.37. The highest BCUT2D eigenvalue weighted by Crippen LogP contribution is 2.23. The van der Waals surface area contributed by atoms with Gasteiger partial charge in [-0.05, 0) is 29.3 Å². The highest BCUT2D eigenvalue weighted by Gasteiger charge is 2.22. The quantitative estimate of drug-likeness (QED) is 0.871. The molecule has 0 spiro atoms. The molecule has 2 aromatic rings. The topological polar surface area (TPSA) is 34.5 Å². The van der Waals surface area contributed by atoms with Gasteiger partial charge < -0.3 is 9.30 Å². The molecule has 1 unspecified atom stereocenters. The van der Waals surface area contributed by atoms with Gasteiger partial charge in [-0.2, -0.15) is 0 Å². The van der Waals surface area contributed by atoms with Crippen molar-refractivity contribution in [2.45, 2.75) is 12.6 Å². The molecule has 1 saturated heterocycles. The lowest BCUT2D eigenvalue weighted by Gasteiger charge is -2.33. The maximum absolute atomic E-state index is 13.0. The van der Waals surface area contributed by atoms with Crippen molar-refractivity contribution in [3.63, 3.8) is 0 Å². The van der Waals surface area contributed by atoms with Crippen LogP contribution in [0.1, 0.15) is 17.2 Å². The molecule has 4 nitrogen and oxygen atoms in total. The summed E-state index contributed by atoms with van der Waals surface area (Å²) in [5, 5.41) is 0. The molecule has 1 aromatic carbocycles. The van der Waals surface area contributed by atoms with Gasteiger partial charge in [-0.3, -0.25) is 9.69 Å². The molecule has 1 atom stereocenters. The molecular weight excluding hydrogens is 283 g/mol. The lowest BCUT2D eigenvalue weighted by atomic mass is 10.1. The van der Waals surface area contributed by atoms with Crippen LogP contribution in [0.25, 0.3) is 0 Å². The van der Waals surface area contributed by atoms with E-state index in [4.69, 9.17) is 4.74 Å². The second kappa shape index (κ2) is 6.42. The van der Waals surface area contributed by atoms with Gasteiger partial charge in [0, 0.05) is 38.9 Å². The Balaban J connectivity index is 1.68. The number of hydrogen-bond donors (Lipinski definition) is 0. The monoisotopic (exact) mass is 302 g/mol. The second-order valence-corrected chi connectivity index (χ2v) is 5.63. The van der Waals surface area contributed by atoms with Crippen molar-refractivity contribution in [2.24, 2.45) is 7.05 Å². The zero-order valence-electron chi connectivity index (χ0n) is 12.5. The van der Waals surface area contributed by atoms with Gasteiger partial charge in [-0.15, -0.1) is 0 Å². The number of ether oxygens (including phenoxy) is 1. The first kappa shape index (κ1) is 14.9. The molecule has 1 aromatic heterocycles. The Hall–Kier alpha value is -1.98. The summed E-state index contributed by atoms with van der Waals surface area (Å²) in [4.78, 5) is 13.9. The van der Waals surface area contributed by atoms with Crippen molar-refractivity contribution in [3.05, 3.63) is 69.9 Å². The molecule has 0 saturated carbocycles. The van der Waals surface area contributed by atoms with Gasteiger partial charge in [0.2, 0.25) is 0 Å². The highest BCUT2D eigenvalue weighted by atomic mass is 19.1. The number of morpholine rings is 1. The number of aryl methyl sites for hydroxylation is 1. The Morgan fingerprint density at radius 3 is 2.77 bits per heavy atom. The van der Waals surface area contributed by atoms with Gasteiger partial charge in [0.05, 0.1) is 12.7 Å². The molecule has 1 aliphatic heterocycles. The lowest BCUT2D eigenvalue weighted by molar-refractivity contribution is -0.0329. The number of aromatic nitrogens is 1. The minimum atomic E-state index is -0.239. The van der Waals surface area contributed by atoms with Crippen LogP contribution in [0, 0.1) is 5.82 Å². The third-order valence-corrected chi connectivity index (χ3v) is 3.97. The molecule has 3 rings (SSSR count). The Kier molecular flexibility index (Phi) is 4.36. The van der Waals surface area contributed by atoms with Gasteiger partial charge in [0.1, 0.15) is 5.82 Å². The Morgan fingerprint density at radius 2 is 2.05 bits per heavy atom. The molecule has 0 aliphatic carbocycles. The summed E-state index contributed by atoms with van der Waals surface area (Å²) in [5.41, 5.74) is 1.98. The molecule has 116 valence electrons. The van der Waals surface area contributed by atoms with E-state index in [1.54, 1.807) is 36.0 Å². The van der Waals surface area contributed by atoms with Gasteiger partial charge in [0.25, 0.3) is 5.56 Å². The number of rotatable bonds is 3. The maximum Gasteiger partial charge on any atom is 0.250 e. The van der Waals surface area contributed by atoms with E-state index in [1.165, 1.54) is 12.1 Å². The average Bonchev–Trinajstić information content (AvgIpc) is 2.52. The smallest absolute Gasteiger partial charge is 0.250 e. The predicted octanol–water partition coefficient (Wildman–Crippen LogP) is 2.10. The Morgan fingerprint density at radius 1 is 1.27 bits per heavy atom. The number of nitrogens with zero attached hydrogens (tertiary/aromatic N) is 2. The fourth-order valence-electron chi connectivity index (χ4n) is 2.67. The number of pyridine rings is 1. The summed E-state index contributed by atoms with van der Waals surface area (Å²) in [7, 11) is 1.74. The summed E-state index contributed by atoms with van der Waals surface area (Å²) in [6.07, 6.45) is 1.73. The molecule has 1 fully saturated rings.